The molecule has 0 aliphatic rings. The molecule has 1 aromatic carbocycles. The van der Waals surface area contributed by atoms with Gasteiger partial charge in [-0.1, -0.05) is 23.3 Å². The minimum Gasteiger partial charge on any atom is -0.496 e. The number of allylic oxidation sites excluding steroid dienone is 2. The zero-order valence-corrected chi connectivity index (χ0v) is 12.1. The van der Waals surface area contributed by atoms with Crippen LogP contribution in [-0.2, 0) is 0 Å². The molecule has 0 amide bonds. The number of hydrogen-bond donors (Lipinski definition) is 0. The van der Waals surface area contributed by atoms with Gasteiger partial charge in [-0.2, -0.15) is 0 Å². The van der Waals surface area contributed by atoms with Crippen molar-refractivity contribution in [1.82, 2.24) is 0 Å². The molecule has 0 fully saturated rings. The van der Waals surface area contributed by atoms with Crippen molar-refractivity contribution in [2.45, 2.75) is 27.7 Å². The van der Waals surface area contributed by atoms with Crippen molar-refractivity contribution < 1.29 is 9.47 Å². The number of benzene rings is 1. The van der Waals surface area contributed by atoms with Gasteiger partial charge in [-0.05, 0) is 39.8 Å². The minimum atomic E-state index is 0.865. The second-order valence-electron chi connectivity index (χ2n) is 4.78. The monoisotopic (exact) mass is 246 g/mol. The van der Waals surface area contributed by atoms with Crippen LogP contribution in [0.3, 0.4) is 0 Å². The molecule has 1 aromatic rings. The molecule has 2 heteroatoms. The summed E-state index contributed by atoms with van der Waals surface area (Å²) in [5.41, 5.74) is 4.54. The number of ether oxygens (including phenoxy) is 2. The zero-order chi connectivity index (χ0) is 13.7. The highest BCUT2D eigenvalue weighted by Gasteiger charge is 2.08. The quantitative estimate of drug-likeness (QED) is 0.776. The molecule has 98 valence electrons. The molecule has 2 nitrogen and oxygen atoms in total. The summed E-state index contributed by atoms with van der Waals surface area (Å²) >= 11 is 0. The van der Waals surface area contributed by atoms with E-state index in [0.717, 1.165) is 22.6 Å². The molecule has 0 atom stereocenters. The number of methoxy groups -OCH3 is 2. The van der Waals surface area contributed by atoms with Gasteiger partial charge in [0, 0.05) is 11.1 Å². The Morgan fingerprint density at radius 2 is 1.11 bits per heavy atom. The summed E-state index contributed by atoms with van der Waals surface area (Å²) in [6.45, 7) is 8.26. The summed E-state index contributed by atoms with van der Waals surface area (Å²) in [6.07, 6.45) is 4.18. The van der Waals surface area contributed by atoms with Gasteiger partial charge in [0.05, 0.1) is 14.2 Å². The van der Waals surface area contributed by atoms with Crippen molar-refractivity contribution in [1.29, 1.82) is 0 Å². The molecule has 0 radical (unpaired) electrons. The first kappa shape index (κ1) is 14.4. The molecule has 0 heterocycles. The first-order valence-electron chi connectivity index (χ1n) is 6.03. The Morgan fingerprint density at radius 1 is 0.778 bits per heavy atom. The van der Waals surface area contributed by atoms with Gasteiger partial charge in [0.15, 0.2) is 0 Å². The van der Waals surface area contributed by atoms with Crippen LogP contribution in [0, 0.1) is 0 Å². The van der Waals surface area contributed by atoms with Gasteiger partial charge in [0.2, 0.25) is 0 Å². The molecular formula is C16H22O2. The highest BCUT2D eigenvalue weighted by atomic mass is 16.5. The second-order valence-corrected chi connectivity index (χ2v) is 4.78. The third-order valence-corrected chi connectivity index (χ3v) is 2.47. The number of rotatable bonds is 4. The van der Waals surface area contributed by atoms with Crippen LogP contribution in [0.15, 0.2) is 23.3 Å². The molecular weight excluding hydrogens is 224 g/mol. The summed E-state index contributed by atoms with van der Waals surface area (Å²) in [5.74, 6) is 1.73. The Labute approximate surface area is 110 Å². The predicted octanol–water partition coefficient (Wildman–Crippen LogP) is 4.55. The topological polar surface area (TPSA) is 18.5 Å². The third kappa shape index (κ3) is 3.66. The zero-order valence-electron chi connectivity index (χ0n) is 12.1. The lowest BCUT2D eigenvalue weighted by molar-refractivity contribution is 0.401. The van der Waals surface area contributed by atoms with Gasteiger partial charge < -0.3 is 9.47 Å². The van der Waals surface area contributed by atoms with Gasteiger partial charge in [-0.15, -0.1) is 0 Å². The van der Waals surface area contributed by atoms with Crippen molar-refractivity contribution in [3.63, 3.8) is 0 Å². The first-order valence-corrected chi connectivity index (χ1v) is 6.03. The smallest absolute Gasteiger partial charge is 0.126 e. The van der Waals surface area contributed by atoms with Crippen molar-refractivity contribution in [2.75, 3.05) is 14.2 Å². The highest BCUT2D eigenvalue weighted by molar-refractivity contribution is 5.69. The summed E-state index contributed by atoms with van der Waals surface area (Å²) < 4.78 is 10.9. The van der Waals surface area contributed by atoms with E-state index in [1.54, 1.807) is 14.2 Å². The summed E-state index contributed by atoms with van der Waals surface area (Å²) in [6, 6.07) is 4.03. The van der Waals surface area contributed by atoms with E-state index in [4.69, 9.17) is 9.47 Å². The van der Waals surface area contributed by atoms with Gasteiger partial charge in [0.25, 0.3) is 0 Å². The summed E-state index contributed by atoms with van der Waals surface area (Å²) in [7, 11) is 3.38. The number of hydrogen-bond acceptors (Lipinski definition) is 2. The fourth-order valence-electron chi connectivity index (χ4n) is 1.79. The lowest BCUT2D eigenvalue weighted by Crippen LogP contribution is -1.93. The van der Waals surface area contributed by atoms with Crippen LogP contribution in [0.2, 0.25) is 0 Å². The largest absolute Gasteiger partial charge is 0.496 e. The Bertz CT molecular complexity index is 428. The van der Waals surface area contributed by atoms with E-state index in [-0.39, 0.29) is 0 Å². The van der Waals surface area contributed by atoms with Crippen molar-refractivity contribution in [2.24, 2.45) is 0 Å². The Balaban J connectivity index is 3.41. The maximum absolute atomic E-state index is 5.44. The lowest BCUT2D eigenvalue weighted by atomic mass is 10.0. The average Bonchev–Trinajstić information content (AvgIpc) is 2.29. The fourth-order valence-corrected chi connectivity index (χ4v) is 1.79. The van der Waals surface area contributed by atoms with Crippen LogP contribution >= 0.6 is 0 Å². The summed E-state index contributed by atoms with van der Waals surface area (Å²) in [5, 5.41) is 0. The molecule has 0 aliphatic carbocycles. The van der Waals surface area contributed by atoms with E-state index in [1.807, 2.05) is 12.1 Å². The van der Waals surface area contributed by atoms with E-state index in [0.29, 0.717) is 0 Å². The predicted molar refractivity (Wildman–Crippen MR) is 78.2 cm³/mol. The molecule has 1 rings (SSSR count). The van der Waals surface area contributed by atoms with Crippen LogP contribution < -0.4 is 9.47 Å². The Kier molecular flexibility index (Phi) is 5.02. The van der Waals surface area contributed by atoms with Crippen molar-refractivity contribution in [3.8, 4) is 11.5 Å². The van der Waals surface area contributed by atoms with Gasteiger partial charge >= 0.3 is 0 Å². The van der Waals surface area contributed by atoms with Crippen LogP contribution in [0.1, 0.15) is 38.8 Å². The lowest BCUT2D eigenvalue weighted by Gasteiger charge is -2.12. The Hall–Kier alpha value is -1.70. The van der Waals surface area contributed by atoms with E-state index >= 15 is 0 Å². The normalized spacial score (nSPS) is 9.67. The molecule has 0 unspecified atom stereocenters. The SMILES string of the molecule is COc1cc(C=C(C)C)c(OC)cc1C=C(C)C. The van der Waals surface area contributed by atoms with Crippen LogP contribution in [0.4, 0.5) is 0 Å². The van der Waals surface area contributed by atoms with Crippen LogP contribution in [0.25, 0.3) is 12.2 Å². The van der Waals surface area contributed by atoms with Crippen LogP contribution in [0.5, 0.6) is 11.5 Å². The van der Waals surface area contributed by atoms with E-state index < -0.39 is 0 Å². The minimum absolute atomic E-state index is 0.865. The molecule has 0 bridgehead atoms. The molecule has 0 aromatic heterocycles. The first-order chi connectivity index (χ1) is 8.47. The van der Waals surface area contributed by atoms with Crippen molar-refractivity contribution in [3.05, 3.63) is 34.4 Å². The molecule has 18 heavy (non-hydrogen) atoms. The molecule has 0 saturated carbocycles. The highest BCUT2D eigenvalue weighted by Crippen LogP contribution is 2.31. The van der Waals surface area contributed by atoms with Gasteiger partial charge in [0.1, 0.15) is 11.5 Å². The molecule has 0 spiro atoms. The molecule has 0 saturated heterocycles. The van der Waals surface area contributed by atoms with Gasteiger partial charge in [-0.25, -0.2) is 0 Å². The van der Waals surface area contributed by atoms with E-state index in [9.17, 15) is 0 Å². The second kappa shape index (κ2) is 6.29. The van der Waals surface area contributed by atoms with Gasteiger partial charge in [-0.3, -0.25) is 0 Å². The van der Waals surface area contributed by atoms with Crippen molar-refractivity contribution >= 4 is 12.2 Å². The standard InChI is InChI=1S/C16H22O2/c1-11(2)7-13-9-16(18-6)14(8-12(3)4)10-15(13)17-5/h7-10H,1-6H3. The summed E-state index contributed by atoms with van der Waals surface area (Å²) in [4.78, 5) is 0. The van der Waals surface area contributed by atoms with E-state index in [2.05, 4.69) is 39.8 Å². The molecule has 0 aliphatic heterocycles. The third-order valence-electron chi connectivity index (χ3n) is 2.47. The van der Waals surface area contributed by atoms with E-state index in [1.165, 1.54) is 11.1 Å². The fraction of sp³-hybridized carbons (Fsp3) is 0.375. The Morgan fingerprint density at radius 3 is 1.33 bits per heavy atom. The maximum Gasteiger partial charge on any atom is 0.126 e. The average molecular weight is 246 g/mol. The maximum atomic E-state index is 5.44. The molecule has 0 N–H and O–H groups in total. The van der Waals surface area contributed by atoms with Crippen LogP contribution in [-0.4, -0.2) is 14.2 Å².